The zero-order chi connectivity index (χ0) is 14.8. The van der Waals surface area contributed by atoms with Crippen LogP contribution < -0.4 is 9.75 Å². The summed E-state index contributed by atoms with van der Waals surface area (Å²) >= 11 is 0. The monoisotopic (exact) mass is 284 g/mol. The molecule has 0 radical (unpaired) electrons. The summed E-state index contributed by atoms with van der Waals surface area (Å²) in [7, 11) is 1.59. The van der Waals surface area contributed by atoms with Gasteiger partial charge in [-0.1, -0.05) is 12.1 Å². The minimum atomic E-state index is -0.345. The van der Waals surface area contributed by atoms with Crippen LogP contribution in [0.15, 0.2) is 53.6 Å². The van der Waals surface area contributed by atoms with Gasteiger partial charge in [-0.25, -0.2) is 9.40 Å². The van der Waals surface area contributed by atoms with Crippen molar-refractivity contribution in [3.8, 4) is 5.75 Å². The third-order valence-corrected chi connectivity index (χ3v) is 3.25. The van der Waals surface area contributed by atoms with Gasteiger partial charge in [0.05, 0.1) is 24.9 Å². The summed E-state index contributed by atoms with van der Waals surface area (Å²) in [4.78, 5) is 12.1. The number of ether oxygens (including phenoxy) is 1. The zero-order valence-corrected chi connectivity index (χ0v) is 11.4. The Kier molecular flexibility index (Phi) is 3.39. The van der Waals surface area contributed by atoms with Gasteiger partial charge in [0.2, 0.25) is 0 Å². The first-order chi connectivity index (χ1) is 10.2. The molecule has 0 bridgehead atoms. The molecule has 0 saturated heterocycles. The van der Waals surface area contributed by atoms with E-state index in [1.807, 2.05) is 24.3 Å². The van der Waals surface area contributed by atoms with Crippen LogP contribution >= 0.6 is 0 Å². The van der Waals surface area contributed by atoms with Gasteiger partial charge in [-0.2, -0.15) is 5.10 Å². The first kappa shape index (κ1) is 13.3. The van der Waals surface area contributed by atoms with Crippen LogP contribution in [0.25, 0.3) is 0 Å². The lowest BCUT2D eigenvalue weighted by Gasteiger charge is -2.10. The highest BCUT2D eigenvalue weighted by Crippen LogP contribution is 2.24. The van der Waals surface area contributed by atoms with E-state index in [4.69, 9.17) is 4.74 Å². The van der Waals surface area contributed by atoms with Gasteiger partial charge in [0.25, 0.3) is 5.91 Å². The minimum Gasteiger partial charge on any atom is -0.497 e. The number of nitrogens with zero attached hydrogens (tertiary/aromatic N) is 2. The maximum absolute atomic E-state index is 12.9. The van der Waals surface area contributed by atoms with Crippen LogP contribution in [0.5, 0.6) is 5.75 Å². The summed E-state index contributed by atoms with van der Waals surface area (Å²) in [5.74, 6) is 0.227. The average molecular weight is 284 g/mol. The van der Waals surface area contributed by atoms with Gasteiger partial charge in [0.1, 0.15) is 11.6 Å². The third-order valence-electron chi connectivity index (χ3n) is 3.25. The van der Waals surface area contributed by atoms with E-state index in [2.05, 4.69) is 5.10 Å². The highest BCUT2D eigenvalue weighted by Gasteiger charge is 2.26. The highest BCUT2D eigenvalue weighted by atomic mass is 19.1. The van der Waals surface area contributed by atoms with Crippen LogP contribution in [-0.2, 0) is 4.79 Å². The fourth-order valence-corrected chi connectivity index (χ4v) is 2.18. The second-order valence-electron chi connectivity index (χ2n) is 4.64. The molecule has 1 heterocycles. The molecule has 0 fully saturated rings. The molecule has 0 aromatic heterocycles. The van der Waals surface area contributed by atoms with Crippen molar-refractivity contribution >= 4 is 17.3 Å². The molecular weight excluding hydrogens is 271 g/mol. The van der Waals surface area contributed by atoms with Crippen molar-refractivity contribution in [3.63, 3.8) is 0 Å². The van der Waals surface area contributed by atoms with Crippen LogP contribution in [0.4, 0.5) is 10.1 Å². The smallest absolute Gasteiger partial charge is 0.253 e. The number of hydrogen-bond acceptors (Lipinski definition) is 3. The molecule has 1 amide bonds. The van der Waals surface area contributed by atoms with E-state index >= 15 is 0 Å². The van der Waals surface area contributed by atoms with Crippen molar-refractivity contribution in [1.29, 1.82) is 0 Å². The molecule has 3 rings (SSSR count). The van der Waals surface area contributed by atoms with Crippen molar-refractivity contribution in [1.82, 2.24) is 0 Å². The van der Waals surface area contributed by atoms with Crippen LogP contribution in [0.1, 0.15) is 12.0 Å². The minimum absolute atomic E-state index is 0.139. The fourth-order valence-electron chi connectivity index (χ4n) is 2.18. The second kappa shape index (κ2) is 5.36. The molecule has 0 atom stereocenters. The quantitative estimate of drug-likeness (QED) is 0.869. The van der Waals surface area contributed by atoms with E-state index in [0.717, 1.165) is 5.56 Å². The predicted molar refractivity (Wildman–Crippen MR) is 78.0 cm³/mol. The number of hydrogen-bond donors (Lipinski definition) is 0. The topological polar surface area (TPSA) is 41.9 Å². The molecule has 0 aliphatic carbocycles. The molecule has 0 saturated carbocycles. The Balaban J connectivity index is 1.92. The maximum atomic E-state index is 12.9. The zero-order valence-electron chi connectivity index (χ0n) is 11.4. The number of amides is 1. The molecule has 0 N–H and O–H groups in total. The van der Waals surface area contributed by atoms with Crippen LogP contribution in [0, 0.1) is 5.82 Å². The number of rotatable bonds is 3. The molecule has 5 heteroatoms. The van der Waals surface area contributed by atoms with Crippen molar-refractivity contribution < 1.29 is 13.9 Å². The number of carbonyl (C=O) groups excluding carboxylic acids is 1. The third kappa shape index (κ3) is 2.63. The van der Waals surface area contributed by atoms with Crippen LogP contribution in [0.2, 0.25) is 0 Å². The Morgan fingerprint density at radius 3 is 2.67 bits per heavy atom. The first-order valence-corrected chi connectivity index (χ1v) is 6.48. The highest BCUT2D eigenvalue weighted by molar-refractivity contribution is 6.19. The van der Waals surface area contributed by atoms with Gasteiger partial charge >= 0.3 is 0 Å². The summed E-state index contributed by atoms with van der Waals surface area (Å²) in [5, 5.41) is 5.64. The molecule has 0 unspecified atom stereocenters. The Hall–Kier alpha value is -2.69. The molecule has 21 heavy (non-hydrogen) atoms. The second-order valence-corrected chi connectivity index (χ2v) is 4.64. The SMILES string of the molecule is COc1cccc(C2=NN(c3ccc(F)cc3)C(=O)C2)c1. The van der Waals surface area contributed by atoms with Crippen LogP contribution in [0.3, 0.4) is 0 Å². The van der Waals surface area contributed by atoms with Gasteiger partial charge in [0, 0.05) is 5.56 Å². The normalized spacial score (nSPS) is 14.3. The largest absolute Gasteiger partial charge is 0.497 e. The number of anilines is 1. The average Bonchev–Trinajstić information content (AvgIpc) is 2.90. The number of methoxy groups -OCH3 is 1. The van der Waals surface area contributed by atoms with Crippen molar-refractivity contribution in [2.45, 2.75) is 6.42 Å². The van der Waals surface area contributed by atoms with E-state index in [1.165, 1.54) is 29.3 Å². The van der Waals surface area contributed by atoms with Gasteiger partial charge in [0.15, 0.2) is 0 Å². The van der Waals surface area contributed by atoms with E-state index < -0.39 is 0 Å². The Morgan fingerprint density at radius 1 is 1.19 bits per heavy atom. The van der Waals surface area contributed by atoms with Crippen molar-refractivity contribution in [2.24, 2.45) is 5.10 Å². The predicted octanol–water partition coefficient (Wildman–Crippen LogP) is 2.98. The lowest BCUT2D eigenvalue weighted by atomic mass is 10.1. The van der Waals surface area contributed by atoms with Gasteiger partial charge in [-0.3, -0.25) is 4.79 Å². The van der Waals surface area contributed by atoms with Crippen LogP contribution in [-0.4, -0.2) is 18.7 Å². The molecule has 4 nitrogen and oxygen atoms in total. The number of halogens is 1. The molecule has 106 valence electrons. The van der Waals surface area contributed by atoms with Gasteiger partial charge in [-0.05, 0) is 36.4 Å². The number of carbonyl (C=O) groups is 1. The molecule has 1 aliphatic heterocycles. The molecular formula is C16H13FN2O2. The lowest BCUT2D eigenvalue weighted by molar-refractivity contribution is -0.116. The van der Waals surface area contributed by atoms with E-state index in [9.17, 15) is 9.18 Å². The fraction of sp³-hybridized carbons (Fsp3) is 0.125. The Morgan fingerprint density at radius 2 is 1.95 bits per heavy atom. The molecule has 1 aliphatic rings. The van der Waals surface area contributed by atoms with E-state index in [-0.39, 0.29) is 18.1 Å². The molecule has 0 spiro atoms. The number of benzene rings is 2. The van der Waals surface area contributed by atoms with Crippen molar-refractivity contribution in [2.75, 3.05) is 12.1 Å². The lowest BCUT2D eigenvalue weighted by Crippen LogP contribution is -2.19. The summed E-state index contributed by atoms with van der Waals surface area (Å²) in [6, 6.07) is 13.1. The Bertz CT molecular complexity index is 710. The Labute approximate surface area is 121 Å². The van der Waals surface area contributed by atoms with Gasteiger partial charge in [-0.15, -0.1) is 0 Å². The van der Waals surface area contributed by atoms with Gasteiger partial charge < -0.3 is 4.74 Å². The number of hydrazone groups is 1. The summed E-state index contributed by atoms with van der Waals surface area (Å²) < 4.78 is 18.1. The summed E-state index contributed by atoms with van der Waals surface area (Å²) in [6.45, 7) is 0. The van der Waals surface area contributed by atoms with E-state index in [0.29, 0.717) is 17.1 Å². The summed E-state index contributed by atoms with van der Waals surface area (Å²) in [5.41, 5.74) is 2.06. The van der Waals surface area contributed by atoms with E-state index in [1.54, 1.807) is 7.11 Å². The summed E-state index contributed by atoms with van der Waals surface area (Å²) in [6.07, 6.45) is 0.213. The first-order valence-electron chi connectivity index (χ1n) is 6.48. The van der Waals surface area contributed by atoms with Crippen molar-refractivity contribution in [3.05, 3.63) is 59.9 Å². The molecule has 2 aromatic carbocycles. The standard InChI is InChI=1S/C16H13FN2O2/c1-21-14-4-2-3-11(9-14)15-10-16(20)19(18-15)13-7-5-12(17)6-8-13/h2-9H,10H2,1H3. The molecule has 2 aromatic rings. The maximum Gasteiger partial charge on any atom is 0.253 e.